The number of carbonyl (C=O) groups excluding carboxylic acids is 2. The first-order chi connectivity index (χ1) is 12.7. The van der Waals surface area contributed by atoms with E-state index in [2.05, 4.69) is 10.3 Å². The predicted molar refractivity (Wildman–Crippen MR) is 99.3 cm³/mol. The van der Waals surface area contributed by atoms with Crippen LogP contribution in [0, 0.1) is 5.92 Å². The van der Waals surface area contributed by atoms with E-state index in [0.29, 0.717) is 24.0 Å². The van der Waals surface area contributed by atoms with Crippen LogP contribution in [0.1, 0.15) is 53.2 Å². The maximum Gasteiger partial charge on any atom is 0.289 e. The van der Waals surface area contributed by atoms with E-state index in [1.807, 2.05) is 0 Å². The summed E-state index contributed by atoms with van der Waals surface area (Å²) in [4.78, 5) is 32.8. The van der Waals surface area contributed by atoms with E-state index < -0.39 is 0 Å². The lowest BCUT2D eigenvalue weighted by Crippen LogP contribution is -2.43. The molecule has 1 fully saturated rings. The Balaban J connectivity index is 1.39. The fraction of sp³-hybridized carbons (Fsp3) is 0.526. The first-order valence-electron chi connectivity index (χ1n) is 9.33. The standard InChI is InChI=1S/C19H23N3O3S/c23-17(21-19-20-14-7-2-1-3-9-16(14)26-19)13-6-4-10-22(12-13)18(24)15-8-5-11-25-15/h5,8,11,13H,1-4,6-7,9-10,12H2,(H,20,21,23)/t13-/m1/s1. The minimum absolute atomic E-state index is 0.0362. The summed E-state index contributed by atoms with van der Waals surface area (Å²) in [5.74, 6) is -0.0552. The molecule has 3 heterocycles. The SMILES string of the molecule is O=C(Nc1nc2c(s1)CCCCC2)[C@@H]1CCCN(C(=O)c2ccco2)C1. The van der Waals surface area contributed by atoms with Crippen LogP contribution in [0.5, 0.6) is 0 Å². The molecule has 1 aliphatic carbocycles. The van der Waals surface area contributed by atoms with E-state index in [1.165, 1.54) is 30.4 Å². The highest BCUT2D eigenvalue weighted by Gasteiger charge is 2.30. The number of hydrogen-bond donors (Lipinski definition) is 1. The smallest absolute Gasteiger partial charge is 0.289 e. The van der Waals surface area contributed by atoms with Crippen LogP contribution >= 0.6 is 11.3 Å². The molecule has 0 aromatic carbocycles. The molecule has 0 bridgehead atoms. The Morgan fingerprint density at radius 1 is 1.23 bits per heavy atom. The van der Waals surface area contributed by atoms with Gasteiger partial charge in [-0.1, -0.05) is 6.42 Å². The molecule has 4 rings (SSSR count). The van der Waals surface area contributed by atoms with Gasteiger partial charge < -0.3 is 14.6 Å². The van der Waals surface area contributed by atoms with Crippen molar-refractivity contribution in [3.05, 3.63) is 34.7 Å². The Kier molecular flexibility index (Phi) is 5.06. The average molecular weight is 373 g/mol. The third-order valence-corrected chi connectivity index (χ3v) is 6.21. The van der Waals surface area contributed by atoms with Gasteiger partial charge >= 0.3 is 0 Å². The van der Waals surface area contributed by atoms with E-state index >= 15 is 0 Å². The topological polar surface area (TPSA) is 75.4 Å². The van der Waals surface area contributed by atoms with E-state index in [4.69, 9.17) is 4.42 Å². The third-order valence-electron chi connectivity index (χ3n) is 5.14. The molecule has 26 heavy (non-hydrogen) atoms. The molecule has 1 saturated heterocycles. The van der Waals surface area contributed by atoms with Gasteiger partial charge in [-0.3, -0.25) is 9.59 Å². The fourth-order valence-electron chi connectivity index (χ4n) is 3.72. The van der Waals surface area contributed by atoms with Crippen LogP contribution in [0.15, 0.2) is 22.8 Å². The second-order valence-electron chi connectivity index (χ2n) is 7.01. The van der Waals surface area contributed by atoms with Crippen molar-refractivity contribution in [2.45, 2.75) is 44.9 Å². The molecule has 2 aromatic heterocycles. The molecular formula is C19H23N3O3S. The van der Waals surface area contributed by atoms with E-state index in [-0.39, 0.29) is 17.7 Å². The Morgan fingerprint density at radius 3 is 2.96 bits per heavy atom. The zero-order valence-electron chi connectivity index (χ0n) is 14.7. The second-order valence-corrected chi connectivity index (χ2v) is 8.09. The number of thiazole rings is 1. The van der Waals surface area contributed by atoms with Crippen molar-refractivity contribution in [2.24, 2.45) is 5.92 Å². The quantitative estimate of drug-likeness (QED) is 0.836. The molecule has 0 radical (unpaired) electrons. The van der Waals surface area contributed by atoms with Crippen LogP contribution in [-0.4, -0.2) is 34.8 Å². The first kappa shape index (κ1) is 17.3. The highest BCUT2D eigenvalue weighted by molar-refractivity contribution is 7.15. The molecule has 7 heteroatoms. The highest BCUT2D eigenvalue weighted by Crippen LogP contribution is 2.29. The van der Waals surface area contributed by atoms with Gasteiger partial charge in [0.15, 0.2) is 10.9 Å². The molecule has 1 atom stereocenters. The number of carbonyl (C=O) groups is 2. The van der Waals surface area contributed by atoms with Gasteiger partial charge in [-0.2, -0.15) is 0 Å². The molecule has 2 aliphatic rings. The molecule has 2 aromatic rings. The number of piperidine rings is 1. The van der Waals surface area contributed by atoms with Gasteiger partial charge in [-0.15, -0.1) is 11.3 Å². The molecule has 2 amide bonds. The van der Waals surface area contributed by atoms with Gasteiger partial charge in [0.05, 0.1) is 17.9 Å². The summed E-state index contributed by atoms with van der Waals surface area (Å²) >= 11 is 1.61. The minimum atomic E-state index is -0.202. The number of anilines is 1. The monoisotopic (exact) mass is 373 g/mol. The number of nitrogens with one attached hydrogen (secondary N) is 1. The minimum Gasteiger partial charge on any atom is -0.459 e. The lowest BCUT2D eigenvalue weighted by molar-refractivity contribution is -0.121. The molecule has 138 valence electrons. The number of aromatic nitrogens is 1. The van der Waals surface area contributed by atoms with Crippen molar-refractivity contribution in [1.82, 2.24) is 9.88 Å². The van der Waals surface area contributed by atoms with E-state index in [0.717, 1.165) is 31.4 Å². The summed E-state index contributed by atoms with van der Waals surface area (Å²) in [5, 5.41) is 3.70. The number of aryl methyl sites for hydroxylation is 2. The molecule has 0 saturated carbocycles. The second kappa shape index (κ2) is 7.61. The number of nitrogens with zero attached hydrogens (tertiary/aromatic N) is 2. The normalized spacial score (nSPS) is 20.3. The third kappa shape index (κ3) is 3.67. The first-order valence-corrected chi connectivity index (χ1v) is 10.1. The number of fused-ring (bicyclic) bond motifs is 1. The van der Waals surface area contributed by atoms with Crippen LogP contribution in [0.25, 0.3) is 0 Å². The van der Waals surface area contributed by atoms with Crippen LogP contribution in [-0.2, 0) is 17.6 Å². The maximum atomic E-state index is 12.7. The van der Waals surface area contributed by atoms with Crippen molar-refractivity contribution < 1.29 is 14.0 Å². The van der Waals surface area contributed by atoms with Gasteiger partial charge in [0.2, 0.25) is 5.91 Å². The van der Waals surface area contributed by atoms with Gasteiger partial charge in [0.1, 0.15) is 0 Å². The van der Waals surface area contributed by atoms with Crippen molar-refractivity contribution in [1.29, 1.82) is 0 Å². The van der Waals surface area contributed by atoms with Crippen LogP contribution in [0.3, 0.4) is 0 Å². The van der Waals surface area contributed by atoms with Gasteiger partial charge in [0.25, 0.3) is 5.91 Å². The summed E-state index contributed by atoms with van der Waals surface area (Å²) < 4.78 is 5.20. The Morgan fingerprint density at radius 2 is 2.12 bits per heavy atom. The number of hydrogen-bond acceptors (Lipinski definition) is 5. The Hall–Kier alpha value is -2.15. The lowest BCUT2D eigenvalue weighted by atomic mass is 9.97. The molecular weight excluding hydrogens is 350 g/mol. The van der Waals surface area contributed by atoms with Crippen LogP contribution < -0.4 is 5.32 Å². The largest absolute Gasteiger partial charge is 0.459 e. The zero-order chi connectivity index (χ0) is 17.9. The van der Waals surface area contributed by atoms with Crippen molar-refractivity contribution in [3.63, 3.8) is 0 Å². The molecule has 0 spiro atoms. The zero-order valence-corrected chi connectivity index (χ0v) is 15.5. The van der Waals surface area contributed by atoms with Crippen molar-refractivity contribution >= 4 is 28.3 Å². The maximum absolute atomic E-state index is 12.7. The molecule has 1 N–H and O–H groups in total. The van der Waals surface area contributed by atoms with Gasteiger partial charge in [0, 0.05) is 18.0 Å². The number of likely N-dealkylation sites (tertiary alicyclic amines) is 1. The fourth-order valence-corrected chi connectivity index (χ4v) is 4.77. The van der Waals surface area contributed by atoms with Crippen LogP contribution in [0.2, 0.25) is 0 Å². The van der Waals surface area contributed by atoms with E-state index in [9.17, 15) is 9.59 Å². The molecule has 6 nitrogen and oxygen atoms in total. The van der Waals surface area contributed by atoms with Crippen molar-refractivity contribution in [2.75, 3.05) is 18.4 Å². The number of amides is 2. The summed E-state index contributed by atoms with van der Waals surface area (Å²) in [6.45, 7) is 1.09. The molecule has 0 unspecified atom stereocenters. The number of rotatable bonds is 3. The van der Waals surface area contributed by atoms with Crippen LogP contribution in [0.4, 0.5) is 5.13 Å². The highest BCUT2D eigenvalue weighted by atomic mass is 32.1. The summed E-state index contributed by atoms with van der Waals surface area (Å²) in [5.41, 5.74) is 1.15. The van der Waals surface area contributed by atoms with Gasteiger partial charge in [-0.25, -0.2) is 4.98 Å². The summed E-state index contributed by atoms with van der Waals surface area (Å²) in [6.07, 6.45) is 8.82. The summed E-state index contributed by atoms with van der Waals surface area (Å²) in [6, 6.07) is 3.36. The van der Waals surface area contributed by atoms with Gasteiger partial charge in [-0.05, 0) is 50.7 Å². The van der Waals surface area contributed by atoms with Crippen molar-refractivity contribution in [3.8, 4) is 0 Å². The van der Waals surface area contributed by atoms with E-state index in [1.54, 1.807) is 28.4 Å². The predicted octanol–water partition coefficient (Wildman–Crippen LogP) is 3.50. The lowest BCUT2D eigenvalue weighted by Gasteiger charge is -2.31. The average Bonchev–Trinajstić information content (AvgIpc) is 3.27. The number of furan rings is 1. The molecule has 1 aliphatic heterocycles. The Bertz CT molecular complexity index is 761. The Labute approximate surface area is 156 Å². The summed E-state index contributed by atoms with van der Waals surface area (Å²) in [7, 11) is 0.